The molecule has 0 fully saturated rings. The summed E-state index contributed by atoms with van der Waals surface area (Å²) >= 11 is 8.82. The first kappa shape index (κ1) is 9.55. The minimum Gasteiger partial charge on any atom is -0.341 e. The third-order valence-electron chi connectivity index (χ3n) is 1.47. The zero-order valence-corrected chi connectivity index (χ0v) is 8.80. The summed E-state index contributed by atoms with van der Waals surface area (Å²) in [6.45, 7) is 4.11. The molecule has 0 aliphatic carbocycles. The van der Waals surface area contributed by atoms with Crippen LogP contribution >= 0.6 is 24.8 Å². The predicted octanol–water partition coefficient (Wildman–Crippen LogP) is 2.93. The Morgan fingerprint density at radius 3 is 2.17 bits per heavy atom. The molecule has 0 saturated carbocycles. The van der Waals surface area contributed by atoms with Crippen LogP contribution in [0, 0.1) is 13.8 Å². The van der Waals surface area contributed by atoms with Crippen molar-refractivity contribution in [2.45, 2.75) is 13.8 Å². The van der Waals surface area contributed by atoms with E-state index in [0.717, 1.165) is 5.69 Å². The van der Waals surface area contributed by atoms with Gasteiger partial charge in [0.2, 0.25) is 0 Å². The maximum Gasteiger partial charge on any atom is 0.135 e. The summed E-state index contributed by atoms with van der Waals surface area (Å²) in [5.74, 6) is 0. The van der Waals surface area contributed by atoms with Gasteiger partial charge in [-0.15, -0.1) is 12.6 Å². The number of hydrogen-bond acceptors (Lipinski definition) is 1. The monoisotopic (exact) mass is 197 g/mol. The first-order chi connectivity index (χ1) is 5.58. The van der Waals surface area contributed by atoms with E-state index in [9.17, 15) is 0 Å². The van der Waals surface area contributed by atoms with Gasteiger partial charge in [0.05, 0.1) is 0 Å². The number of thiol groups is 1. The molecule has 0 atom stereocenters. The Morgan fingerprint density at radius 1 is 1.25 bits per heavy atom. The second-order valence-corrected chi connectivity index (χ2v) is 3.96. The third kappa shape index (κ3) is 2.83. The number of anilines is 1. The first-order valence-electron chi connectivity index (χ1n) is 3.66. The molecule has 0 radical (unpaired) electrons. The number of benzene rings is 1. The van der Waals surface area contributed by atoms with E-state index in [-0.39, 0.29) is 0 Å². The van der Waals surface area contributed by atoms with Crippen LogP contribution < -0.4 is 5.32 Å². The fourth-order valence-corrected chi connectivity index (χ4v) is 1.42. The van der Waals surface area contributed by atoms with E-state index in [1.807, 2.05) is 12.1 Å². The van der Waals surface area contributed by atoms with Crippen molar-refractivity contribution in [1.29, 1.82) is 0 Å². The van der Waals surface area contributed by atoms with Gasteiger partial charge >= 0.3 is 0 Å². The maximum atomic E-state index is 4.82. The van der Waals surface area contributed by atoms with Crippen LogP contribution in [0.1, 0.15) is 11.1 Å². The molecule has 1 aromatic rings. The van der Waals surface area contributed by atoms with E-state index in [2.05, 4.69) is 37.9 Å². The van der Waals surface area contributed by atoms with Crippen molar-refractivity contribution < 1.29 is 0 Å². The second kappa shape index (κ2) is 3.92. The van der Waals surface area contributed by atoms with Crippen LogP contribution in [0.4, 0.5) is 5.69 Å². The summed E-state index contributed by atoms with van der Waals surface area (Å²) < 4.78 is 0.500. The molecule has 1 nitrogen and oxygen atoms in total. The lowest BCUT2D eigenvalue weighted by Crippen LogP contribution is -2.00. The highest BCUT2D eigenvalue weighted by Gasteiger charge is 1.95. The molecule has 0 bridgehead atoms. The zero-order valence-electron chi connectivity index (χ0n) is 7.09. The smallest absolute Gasteiger partial charge is 0.135 e. The van der Waals surface area contributed by atoms with Crippen molar-refractivity contribution in [3.63, 3.8) is 0 Å². The third-order valence-corrected chi connectivity index (χ3v) is 1.69. The minimum atomic E-state index is 0.500. The van der Waals surface area contributed by atoms with Crippen molar-refractivity contribution in [2.75, 3.05) is 5.32 Å². The van der Waals surface area contributed by atoms with Crippen LogP contribution in [0.3, 0.4) is 0 Å². The van der Waals surface area contributed by atoms with Gasteiger partial charge in [0.1, 0.15) is 4.32 Å². The Labute approximate surface area is 83.6 Å². The van der Waals surface area contributed by atoms with Gasteiger partial charge in [0, 0.05) is 5.69 Å². The van der Waals surface area contributed by atoms with Gasteiger partial charge in [-0.2, -0.15) is 0 Å². The van der Waals surface area contributed by atoms with Crippen molar-refractivity contribution in [3.05, 3.63) is 29.3 Å². The van der Waals surface area contributed by atoms with Crippen LogP contribution in [0.2, 0.25) is 0 Å². The van der Waals surface area contributed by atoms with Gasteiger partial charge in [-0.1, -0.05) is 18.3 Å². The normalized spacial score (nSPS) is 9.58. The fraction of sp³-hybridized carbons (Fsp3) is 0.222. The van der Waals surface area contributed by atoms with Crippen molar-refractivity contribution in [2.24, 2.45) is 0 Å². The average Bonchev–Trinajstić information content (AvgIpc) is 1.81. The Bertz CT molecular complexity index is 287. The lowest BCUT2D eigenvalue weighted by Gasteiger charge is -2.05. The van der Waals surface area contributed by atoms with E-state index >= 15 is 0 Å². The number of thiocarbonyl (C=S) groups is 1. The van der Waals surface area contributed by atoms with E-state index in [4.69, 9.17) is 12.2 Å². The number of hydrogen-bond donors (Lipinski definition) is 2. The molecule has 0 saturated heterocycles. The van der Waals surface area contributed by atoms with Crippen LogP contribution in [-0.2, 0) is 0 Å². The molecule has 1 rings (SSSR count). The van der Waals surface area contributed by atoms with Crippen molar-refractivity contribution >= 4 is 34.9 Å². The fourth-order valence-electron chi connectivity index (χ4n) is 1.17. The summed E-state index contributed by atoms with van der Waals surface area (Å²) in [6.07, 6.45) is 0. The van der Waals surface area contributed by atoms with E-state index < -0.39 is 0 Å². The van der Waals surface area contributed by atoms with E-state index in [0.29, 0.717) is 4.32 Å². The summed E-state index contributed by atoms with van der Waals surface area (Å²) in [4.78, 5) is 0. The largest absolute Gasteiger partial charge is 0.341 e. The SMILES string of the molecule is Cc1cc(C)cc(NC(=S)S)c1. The molecule has 0 aliphatic rings. The van der Waals surface area contributed by atoms with Crippen molar-refractivity contribution in [3.8, 4) is 0 Å². The summed E-state index contributed by atoms with van der Waals surface area (Å²) in [5.41, 5.74) is 3.46. The molecule has 1 N–H and O–H groups in total. The average molecular weight is 197 g/mol. The van der Waals surface area contributed by atoms with E-state index in [1.165, 1.54) is 11.1 Å². The minimum absolute atomic E-state index is 0.500. The topological polar surface area (TPSA) is 12.0 Å². The quantitative estimate of drug-likeness (QED) is 0.530. The Kier molecular flexibility index (Phi) is 3.12. The highest BCUT2D eigenvalue weighted by molar-refractivity contribution is 8.11. The lowest BCUT2D eigenvalue weighted by molar-refractivity contribution is 1.38. The van der Waals surface area contributed by atoms with Crippen LogP contribution in [-0.4, -0.2) is 4.32 Å². The maximum absolute atomic E-state index is 4.82. The Hall–Kier alpha value is -0.540. The van der Waals surface area contributed by atoms with Gasteiger partial charge in [0.15, 0.2) is 0 Å². The Morgan fingerprint density at radius 2 is 1.75 bits per heavy atom. The molecule has 3 heteroatoms. The van der Waals surface area contributed by atoms with Gasteiger partial charge < -0.3 is 5.32 Å². The summed E-state index contributed by atoms with van der Waals surface area (Å²) in [6, 6.07) is 6.19. The molecule has 0 amide bonds. The number of nitrogens with one attached hydrogen (secondary N) is 1. The lowest BCUT2D eigenvalue weighted by atomic mass is 10.1. The van der Waals surface area contributed by atoms with Crippen LogP contribution in [0.25, 0.3) is 0 Å². The van der Waals surface area contributed by atoms with Gasteiger partial charge in [-0.05, 0) is 37.1 Å². The molecule has 0 unspecified atom stereocenters. The standard InChI is InChI=1S/C9H11NS2/c1-6-3-7(2)5-8(4-6)10-9(11)12/h3-5H,1-2H3,(H2,10,11,12). The molecule has 1 aromatic carbocycles. The van der Waals surface area contributed by atoms with E-state index in [1.54, 1.807) is 0 Å². The highest BCUT2D eigenvalue weighted by atomic mass is 32.1. The molecule has 12 heavy (non-hydrogen) atoms. The second-order valence-electron chi connectivity index (χ2n) is 2.81. The van der Waals surface area contributed by atoms with Gasteiger partial charge in [0.25, 0.3) is 0 Å². The van der Waals surface area contributed by atoms with Crippen LogP contribution in [0.15, 0.2) is 18.2 Å². The zero-order chi connectivity index (χ0) is 9.14. The molecule has 0 spiro atoms. The molecular formula is C9H11NS2. The van der Waals surface area contributed by atoms with Gasteiger partial charge in [-0.3, -0.25) is 0 Å². The predicted molar refractivity (Wildman–Crippen MR) is 61.1 cm³/mol. The highest BCUT2D eigenvalue weighted by Crippen LogP contribution is 2.13. The van der Waals surface area contributed by atoms with Crippen LogP contribution in [0.5, 0.6) is 0 Å². The molecule has 0 heterocycles. The van der Waals surface area contributed by atoms with Crippen molar-refractivity contribution in [1.82, 2.24) is 0 Å². The number of rotatable bonds is 1. The Balaban J connectivity index is 2.93. The molecule has 0 aliphatic heterocycles. The first-order valence-corrected chi connectivity index (χ1v) is 4.52. The molecular weight excluding hydrogens is 186 g/mol. The molecule has 0 aromatic heterocycles. The number of aryl methyl sites for hydroxylation is 2. The summed E-state index contributed by atoms with van der Waals surface area (Å²) in [5, 5.41) is 2.98. The summed E-state index contributed by atoms with van der Waals surface area (Å²) in [7, 11) is 0. The molecule has 64 valence electrons. The van der Waals surface area contributed by atoms with Gasteiger partial charge in [-0.25, -0.2) is 0 Å².